The molecule has 0 saturated heterocycles. The molecule has 0 aliphatic heterocycles. The Morgan fingerprint density at radius 3 is 0.738 bits per heavy atom. The Morgan fingerprint density at radius 1 is 0.344 bits per heavy atom. The standard InChI is InChI=1S/C54H57BO6/c1-31-25-32(2)38(8)49(37(31)7)46-19-13-43(14-20-46)28-59-52(56)55(53(57)60-29-44-15-21-47(22-16-44)50-39(9)33(3)26-34(4)40(50)10)54(58)61-30-45-17-23-48(24-18-45)51-41(11)35(5)27-36(6)42(51)12/h13-27H,28-30H2,1-12H3. The zero-order chi connectivity index (χ0) is 44.3. The van der Waals surface area contributed by atoms with Gasteiger partial charge in [0.2, 0.25) is 0 Å². The highest BCUT2D eigenvalue weighted by Gasteiger charge is 2.46. The summed E-state index contributed by atoms with van der Waals surface area (Å²) >= 11 is 0. The predicted octanol–water partition coefficient (Wildman–Crippen LogP) is 13.9. The van der Waals surface area contributed by atoms with Crippen molar-refractivity contribution in [1.29, 1.82) is 0 Å². The average molecular weight is 813 g/mol. The summed E-state index contributed by atoms with van der Waals surface area (Å²) in [6, 6.07) is 29.9. The monoisotopic (exact) mass is 812 g/mol. The van der Waals surface area contributed by atoms with Gasteiger partial charge >= 0.3 is 6.71 Å². The van der Waals surface area contributed by atoms with Crippen molar-refractivity contribution in [3.63, 3.8) is 0 Å². The topological polar surface area (TPSA) is 78.9 Å². The van der Waals surface area contributed by atoms with Crippen molar-refractivity contribution in [2.24, 2.45) is 0 Å². The van der Waals surface area contributed by atoms with Gasteiger partial charge in [-0.3, -0.25) is 14.4 Å². The number of carbonyl (C=O) groups is 3. The van der Waals surface area contributed by atoms with Crippen molar-refractivity contribution in [2.75, 3.05) is 0 Å². The molecule has 6 aromatic carbocycles. The first-order valence-electron chi connectivity index (χ1n) is 21.0. The quantitative estimate of drug-likeness (QED) is 0.0904. The van der Waals surface area contributed by atoms with Gasteiger partial charge < -0.3 is 14.2 Å². The molecule has 7 heteroatoms. The van der Waals surface area contributed by atoms with Crippen LogP contribution in [0.4, 0.5) is 14.4 Å². The summed E-state index contributed by atoms with van der Waals surface area (Å²) in [6.07, 6.45) is 0. The van der Waals surface area contributed by atoms with Crippen LogP contribution in [0.1, 0.15) is 83.5 Å². The minimum Gasteiger partial charge on any atom is -0.468 e. The van der Waals surface area contributed by atoms with Crippen LogP contribution in [0, 0.1) is 83.1 Å². The van der Waals surface area contributed by atoms with Gasteiger partial charge in [-0.15, -0.1) is 0 Å². The van der Waals surface area contributed by atoms with E-state index in [0.717, 1.165) is 16.7 Å². The third-order valence-corrected chi connectivity index (χ3v) is 12.7. The molecule has 6 aromatic rings. The number of hydrogen-bond donors (Lipinski definition) is 0. The Hall–Kier alpha value is -6.21. The SMILES string of the molecule is Cc1cc(C)c(C)c(-c2ccc(COC(=O)B(C(=O)OCc3ccc(-c4c(C)c(C)cc(C)c4C)cc3)C(=O)OCc3ccc(-c4c(C)c(C)cc(C)c4C)cc3)cc2)c1C. The summed E-state index contributed by atoms with van der Waals surface area (Å²) in [7, 11) is 0. The third kappa shape index (κ3) is 9.57. The van der Waals surface area contributed by atoms with Crippen LogP contribution < -0.4 is 0 Å². The molecule has 0 heterocycles. The maximum Gasteiger partial charge on any atom is 0.531 e. The lowest BCUT2D eigenvalue weighted by Gasteiger charge is -2.17. The Balaban J connectivity index is 1.18. The highest BCUT2D eigenvalue weighted by Crippen LogP contribution is 2.34. The number of rotatable bonds is 12. The highest BCUT2D eigenvalue weighted by molar-refractivity contribution is 7.25. The van der Waals surface area contributed by atoms with Gasteiger partial charge in [-0.25, -0.2) is 0 Å². The van der Waals surface area contributed by atoms with Crippen LogP contribution in [-0.4, -0.2) is 24.3 Å². The van der Waals surface area contributed by atoms with E-state index in [1.54, 1.807) is 0 Å². The molecular formula is C54H57BO6. The molecule has 0 aliphatic carbocycles. The molecule has 0 amide bonds. The van der Waals surface area contributed by atoms with E-state index in [0.29, 0.717) is 16.7 Å². The second-order valence-corrected chi connectivity index (χ2v) is 16.8. The fourth-order valence-electron chi connectivity index (χ4n) is 8.25. The van der Waals surface area contributed by atoms with E-state index in [-0.39, 0.29) is 19.8 Å². The molecule has 0 spiro atoms. The van der Waals surface area contributed by atoms with E-state index in [1.807, 2.05) is 72.8 Å². The number of ether oxygens (including phenoxy) is 3. The van der Waals surface area contributed by atoms with Crippen LogP contribution >= 0.6 is 0 Å². The van der Waals surface area contributed by atoms with Gasteiger partial charge in [-0.1, -0.05) is 91.0 Å². The van der Waals surface area contributed by atoms with Gasteiger partial charge in [0, 0.05) is 0 Å². The van der Waals surface area contributed by atoms with E-state index in [4.69, 9.17) is 14.2 Å². The molecule has 0 radical (unpaired) electrons. The Kier molecular flexibility index (Phi) is 13.5. The van der Waals surface area contributed by atoms with Gasteiger partial charge in [0.1, 0.15) is 19.8 Å². The summed E-state index contributed by atoms with van der Waals surface area (Å²) in [6.45, 7) is 23.1. The maximum atomic E-state index is 13.7. The molecular weight excluding hydrogens is 755 g/mol. The number of carbonyl (C=O) groups excluding carboxylic acids is 3. The van der Waals surface area contributed by atoms with Crippen molar-refractivity contribution < 1.29 is 28.6 Å². The molecule has 0 N–H and O–H groups in total. The third-order valence-electron chi connectivity index (χ3n) is 12.7. The van der Waals surface area contributed by atoms with Crippen LogP contribution in [0.15, 0.2) is 91.0 Å². The first kappa shape index (κ1) is 44.4. The fourth-order valence-corrected chi connectivity index (χ4v) is 8.25. The van der Waals surface area contributed by atoms with Gasteiger partial charge in [0.05, 0.1) is 0 Å². The lowest BCUT2D eigenvalue weighted by molar-refractivity contribution is 0.148. The van der Waals surface area contributed by atoms with E-state index in [9.17, 15) is 14.4 Å². The second-order valence-electron chi connectivity index (χ2n) is 16.8. The van der Waals surface area contributed by atoms with Gasteiger partial charge in [0.15, 0.2) is 0 Å². The van der Waals surface area contributed by atoms with Crippen molar-refractivity contribution >= 4 is 24.3 Å². The van der Waals surface area contributed by atoms with E-state index in [1.165, 1.54) is 83.5 Å². The van der Waals surface area contributed by atoms with Crippen LogP contribution in [0.2, 0.25) is 0 Å². The average Bonchev–Trinajstić information content (AvgIpc) is 3.23. The Bertz CT molecular complexity index is 2270. The highest BCUT2D eigenvalue weighted by atomic mass is 16.6. The van der Waals surface area contributed by atoms with E-state index >= 15 is 0 Å². The molecule has 0 atom stereocenters. The predicted molar refractivity (Wildman–Crippen MR) is 249 cm³/mol. The normalized spacial score (nSPS) is 11.0. The smallest absolute Gasteiger partial charge is 0.468 e. The first-order chi connectivity index (χ1) is 29.0. The molecule has 0 aromatic heterocycles. The molecule has 0 fully saturated rings. The number of benzene rings is 6. The lowest BCUT2D eigenvalue weighted by Crippen LogP contribution is -2.44. The van der Waals surface area contributed by atoms with E-state index < -0.39 is 24.3 Å². The zero-order valence-corrected chi connectivity index (χ0v) is 37.8. The van der Waals surface area contributed by atoms with E-state index in [2.05, 4.69) is 101 Å². The van der Waals surface area contributed by atoms with Crippen LogP contribution in [0.25, 0.3) is 33.4 Å². The Labute approximate surface area is 362 Å². The second kappa shape index (κ2) is 18.6. The van der Waals surface area contributed by atoms with Gasteiger partial charge in [-0.05, 0) is 200 Å². The molecule has 0 aliphatic rings. The summed E-state index contributed by atoms with van der Waals surface area (Å²) < 4.78 is 16.9. The fraction of sp³-hybridized carbons (Fsp3) is 0.278. The summed E-state index contributed by atoms with van der Waals surface area (Å²) in [4.78, 5) is 41.1. The maximum absolute atomic E-state index is 13.7. The zero-order valence-electron chi connectivity index (χ0n) is 37.8. The summed E-state index contributed by atoms with van der Waals surface area (Å²) in [5.41, 5.74) is 23.5. The molecule has 312 valence electrons. The molecule has 61 heavy (non-hydrogen) atoms. The lowest BCUT2D eigenvalue weighted by atomic mass is 9.49. The molecule has 0 bridgehead atoms. The van der Waals surface area contributed by atoms with Crippen molar-refractivity contribution in [3.05, 3.63) is 174 Å². The van der Waals surface area contributed by atoms with Crippen LogP contribution in [-0.2, 0) is 34.0 Å². The molecule has 0 saturated carbocycles. The first-order valence-corrected chi connectivity index (χ1v) is 21.0. The van der Waals surface area contributed by atoms with Crippen molar-refractivity contribution in [2.45, 2.75) is 103 Å². The summed E-state index contributed by atoms with van der Waals surface area (Å²) in [5.74, 6) is -3.10. The van der Waals surface area contributed by atoms with Crippen molar-refractivity contribution in [3.8, 4) is 33.4 Å². The minimum absolute atomic E-state index is 0.140. The number of aryl methyl sites for hydroxylation is 6. The van der Waals surface area contributed by atoms with Crippen LogP contribution in [0.5, 0.6) is 0 Å². The molecule has 6 rings (SSSR count). The van der Waals surface area contributed by atoms with Gasteiger partial charge in [0.25, 0.3) is 17.6 Å². The number of hydrogen-bond acceptors (Lipinski definition) is 6. The summed E-state index contributed by atoms with van der Waals surface area (Å²) in [5, 5.41) is 0. The Morgan fingerprint density at radius 2 is 0.541 bits per heavy atom. The van der Waals surface area contributed by atoms with Crippen LogP contribution in [0.3, 0.4) is 0 Å². The van der Waals surface area contributed by atoms with Gasteiger partial charge in [-0.2, -0.15) is 0 Å². The molecule has 0 unspecified atom stereocenters. The van der Waals surface area contributed by atoms with Crippen molar-refractivity contribution in [1.82, 2.24) is 0 Å². The molecule has 6 nitrogen and oxygen atoms in total. The largest absolute Gasteiger partial charge is 0.531 e. The minimum atomic E-state index is -1.93.